The highest BCUT2D eigenvalue weighted by Gasteiger charge is 2.58. The quantitative estimate of drug-likeness (QED) is 0.768. The van der Waals surface area contributed by atoms with Crippen LogP contribution in [0.25, 0.3) is 0 Å². The summed E-state index contributed by atoms with van der Waals surface area (Å²) in [5, 5.41) is 2.66. The van der Waals surface area contributed by atoms with Gasteiger partial charge < -0.3 is 20.5 Å². The molecule has 2 aliphatic heterocycles. The average molecular weight is 389 g/mol. The van der Waals surface area contributed by atoms with E-state index in [1.165, 1.54) is 43.4 Å². The number of nitrogens with zero attached hydrogens (tertiary/aromatic N) is 3. The first-order valence-electron chi connectivity index (χ1n) is 8.05. The molecule has 0 radical (unpaired) electrons. The summed E-state index contributed by atoms with van der Waals surface area (Å²) in [6.07, 6.45) is 2.64. The van der Waals surface area contributed by atoms with Crippen LogP contribution < -0.4 is 15.8 Å². The van der Waals surface area contributed by atoms with Crippen molar-refractivity contribution in [1.82, 2.24) is 9.97 Å². The third-order valence-electron chi connectivity index (χ3n) is 4.42. The van der Waals surface area contributed by atoms with Crippen molar-refractivity contribution in [1.29, 1.82) is 0 Å². The summed E-state index contributed by atoms with van der Waals surface area (Å²) in [6, 6.07) is 4.36. The fraction of sp³-hybridized carbons (Fsp3) is 0.294. The van der Waals surface area contributed by atoms with Crippen LogP contribution in [0.4, 0.5) is 10.1 Å². The summed E-state index contributed by atoms with van der Waals surface area (Å²) in [5.41, 5.74) is 5.60. The van der Waals surface area contributed by atoms with Crippen molar-refractivity contribution in [3.63, 3.8) is 0 Å². The van der Waals surface area contributed by atoms with Gasteiger partial charge in [-0.15, -0.1) is 11.8 Å². The lowest BCUT2D eigenvalue weighted by Gasteiger charge is -2.29. The first-order chi connectivity index (χ1) is 12.9. The molecular formula is C17H16FN5O3S. The lowest BCUT2D eigenvalue weighted by molar-refractivity contribution is 0.102. The molecular weight excluding hydrogens is 373 g/mol. The molecule has 10 heteroatoms. The van der Waals surface area contributed by atoms with Crippen LogP contribution in [0.2, 0.25) is 0 Å². The number of nitrogens with one attached hydrogen (secondary N) is 1. The fourth-order valence-corrected chi connectivity index (χ4v) is 4.08. The highest BCUT2D eigenvalue weighted by molar-refractivity contribution is 8.07. The van der Waals surface area contributed by atoms with Crippen molar-refractivity contribution < 1.29 is 18.7 Å². The van der Waals surface area contributed by atoms with Crippen LogP contribution in [0.1, 0.15) is 23.0 Å². The number of anilines is 1. The van der Waals surface area contributed by atoms with Gasteiger partial charge in [-0.3, -0.25) is 4.79 Å². The van der Waals surface area contributed by atoms with Crippen LogP contribution >= 0.6 is 11.8 Å². The van der Waals surface area contributed by atoms with Gasteiger partial charge in [0.05, 0.1) is 24.8 Å². The van der Waals surface area contributed by atoms with Crippen molar-refractivity contribution in [3.8, 4) is 5.88 Å². The number of benzene rings is 1. The summed E-state index contributed by atoms with van der Waals surface area (Å²) < 4.78 is 24.8. The number of ether oxygens (including phenoxy) is 2. The van der Waals surface area contributed by atoms with Crippen LogP contribution in [0.5, 0.6) is 5.88 Å². The zero-order chi connectivity index (χ0) is 19.2. The van der Waals surface area contributed by atoms with Crippen molar-refractivity contribution in [2.45, 2.75) is 23.1 Å². The van der Waals surface area contributed by atoms with Crippen molar-refractivity contribution in [2.75, 3.05) is 12.4 Å². The Morgan fingerprint density at radius 1 is 1.41 bits per heavy atom. The number of hydrogen-bond acceptors (Lipinski definition) is 8. The molecule has 1 fully saturated rings. The van der Waals surface area contributed by atoms with Gasteiger partial charge in [0.2, 0.25) is 5.88 Å². The number of carbonyl (C=O) groups excluding carboxylic acids is 1. The zero-order valence-corrected chi connectivity index (χ0v) is 15.3. The van der Waals surface area contributed by atoms with Crippen LogP contribution in [0, 0.1) is 5.82 Å². The van der Waals surface area contributed by atoms with Crippen molar-refractivity contribution in [3.05, 3.63) is 47.7 Å². The van der Waals surface area contributed by atoms with Gasteiger partial charge in [-0.2, -0.15) is 0 Å². The molecule has 3 N–H and O–H groups in total. The van der Waals surface area contributed by atoms with Crippen molar-refractivity contribution >= 4 is 29.4 Å². The Morgan fingerprint density at radius 2 is 2.22 bits per heavy atom. The molecule has 1 aromatic carbocycles. The minimum atomic E-state index is -0.873. The second-order valence-electron chi connectivity index (χ2n) is 6.23. The molecule has 27 heavy (non-hydrogen) atoms. The number of aliphatic imine (C=N–C) groups is 1. The summed E-state index contributed by atoms with van der Waals surface area (Å²) in [6.45, 7) is 1.80. The second-order valence-corrected chi connectivity index (χ2v) is 7.48. The van der Waals surface area contributed by atoms with E-state index in [0.717, 1.165) is 0 Å². The van der Waals surface area contributed by atoms with Crippen LogP contribution in [0.15, 0.2) is 35.6 Å². The summed E-state index contributed by atoms with van der Waals surface area (Å²) in [4.78, 5) is 24.6. The van der Waals surface area contributed by atoms with Gasteiger partial charge in [-0.05, 0) is 25.1 Å². The third-order valence-corrected chi connectivity index (χ3v) is 5.75. The maximum atomic E-state index is 14.6. The van der Waals surface area contributed by atoms with E-state index in [-0.39, 0.29) is 22.4 Å². The van der Waals surface area contributed by atoms with E-state index in [9.17, 15) is 9.18 Å². The topological polar surface area (TPSA) is 112 Å². The number of thioether (sulfide) groups is 1. The van der Waals surface area contributed by atoms with E-state index in [4.69, 9.17) is 15.2 Å². The normalized spacial score (nSPS) is 25.7. The highest BCUT2D eigenvalue weighted by atomic mass is 32.2. The number of methoxy groups -OCH3 is 1. The second kappa shape index (κ2) is 6.38. The Morgan fingerprint density at radius 3 is 2.93 bits per heavy atom. The van der Waals surface area contributed by atoms with E-state index < -0.39 is 17.3 Å². The maximum absolute atomic E-state index is 14.6. The number of fused-ring (bicyclic) bond motifs is 1. The van der Waals surface area contributed by atoms with E-state index in [2.05, 4.69) is 20.3 Å². The van der Waals surface area contributed by atoms with Crippen LogP contribution in [-0.2, 0) is 10.3 Å². The Hall–Kier alpha value is -2.88. The third kappa shape index (κ3) is 3.16. The number of rotatable bonds is 4. The number of carbonyl (C=O) groups is 1. The molecule has 1 saturated heterocycles. The first-order valence-corrected chi connectivity index (χ1v) is 9.00. The maximum Gasteiger partial charge on any atom is 0.284 e. The molecule has 0 bridgehead atoms. The Balaban J connectivity index is 1.61. The van der Waals surface area contributed by atoms with Crippen LogP contribution in [0.3, 0.4) is 0 Å². The lowest BCUT2D eigenvalue weighted by Crippen LogP contribution is -2.38. The Kier molecular flexibility index (Phi) is 4.14. The highest BCUT2D eigenvalue weighted by Crippen LogP contribution is 2.57. The molecule has 3 heterocycles. The molecule has 0 aliphatic carbocycles. The van der Waals surface area contributed by atoms with Gasteiger partial charge in [-0.1, -0.05) is 0 Å². The predicted molar refractivity (Wildman–Crippen MR) is 98.2 cm³/mol. The molecule has 0 saturated carbocycles. The van der Waals surface area contributed by atoms with E-state index in [0.29, 0.717) is 17.1 Å². The summed E-state index contributed by atoms with van der Waals surface area (Å²) >= 11 is 1.53. The van der Waals surface area contributed by atoms with E-state index in [1.54, 1.807) is 13.0 Å². The van der Waals surface area contributed by atoms with Gasteiger partial charge in [0.15, 0.2) is 5.44 Å². The van der Waals surface area contributed by atoms with Gasteiger partial charge in [-0.25, -0.2) is 19.4 Å². The molecule has 8 nitrogen and oxygen atoms in total. The van der Waals surface area contributed by atoms with E-state index in [1.807, 2.05) is 0 Å². The molecule has 140 valence electrons. The monoisotopic (exact) mass is 389 g/mol. The molecule has 0 unspecified atom stereocenters. The number of hydrogen-bond donors (Lipinski definition) is 2. The number of aromatic nitrogens is 2. The average Bonchev–Trinajstić information content (AvgIpc) is 3.43. The SMILES string of the molecule is COc1cnc(C(=O)Nc2ccc(F)c([C@@]3(C)N=C(N)O[C@@H]4S[C@@H]43)c2)cn1. The standard InChI is InChI=1S/C17H16FN5O3S/c1-17(13-15(27-13)26-16(19)23-17)9-5-8(3-4-10(9)18)22-14(24)11-6-21-12(25-2)7-20-11/h3-7,13,15H,1-2H3,(H2,19,23)(H,22,24)/t13-,15+,17+/m0/s1. The molecule has 3 atom stereocenters. The summed E-state index contributed by atoms with van der Waals surface area (Å²) in [5.74, 6) is -0.596. The number of nitrogens with two attached hydrogens (primary N) is 1. The van der Waals surface area contributed by atoms with Crippen LogP contribution in [-0.4, -0.2) is 39.7 Å². The fourth-order valence-electron chi connectivity index (χ4n) is 2.96. The predicted octanol–water partition coefficient (Wildman–Crippen LogP) is 1.88. The molecule has 1 aromatic heterocycles. The molecule has 4 rings (SSSR count). The molecule has 0 spiro atoms. The smallest absolute Gasteiger partial charge is 0.284 e. The van der Waals surface area contributed by atoms with Gasteiger partial charge in [0.1, 0.15) is 17.1 Å². The number of halogens is 1. The lowest BCUT2D eigenvalue weighted by atomic mass is 9.88. The summed E-state index contributed by atoms with van der Waals surface area (Å²) in [7, 11) is 1.46. The van der Waals surface area contributed by atoms with E-state index >= 15 is 0 Å². The van der Waals surface area contributed by atoms with Gasteiger partial charge in [0.25, 0.3) is 11.9 Å². The minimum absolute atomic E-state index is 0.0299. The van der Waals surface area contributed by atoms with Gasteiger partial charge >= 0.3 is 0 Å². The first kappa shape index (κ1) is 17.5. The largest absolute Gasteiger partial charge is 0.480 e. The Bertz CT molecular complexity index is 939. The molecule has 2 aliphatic rings. The van der Waals surface area contributed by atoms with Gasteiger partial charge in [0, 0.05) is 11.3 Å². The van der Waals surface area contributed by atoms with Crippen molar-refractivity contribution in [2.24, 2.45) is 10.7 Å². The molecule has 1 amide bonds. The zero-order valence-electron chi connectivity index (χ0n) is 14.5. The number of amidine groups is 1. The minimum Gasteiger partial charge on any atom is -0.480 e. The molecule has 2 aromatic rings. The number of amides is 1. The Labute approximate surface area is 158 Å².